The number of fused-ring (bicyclic) bond motifs is 12. The number of anilines is 3. The molecule has 0 fully saturated rings. The highest BCUT2D eigenvalue weighted by Crippen LogP contribution is 2.47. The number of imidazole rings is 1. The van der Waals surface area contributed by atoms with Gasteiger partial charge >= 0.3 is 0 Å². The number of aromatic nitrogens is 3. The number of alkyl halides is 1. The Morgan fingerprint density at radius 3 is 2.38 bits per heavy atom. The van der Waals surface area contributed by atoms with Crippen LogP contribution in [0.15, 0.2) is 134 Å². The summed E-state index contributed by atoms with van der Waals surface area (Å²) in [6, 6.07) is 39.8. The molecule has 0 radical (unpaired) electrons. The zero-order chi connectivity index (χ0) is 32.1. The van der Waals surface area contributed by atoms with Gasteiger partial charge in [-0.1, -0.05) is 85.9 Å². The van der Waals surface area contributed by atoms with E-state index in [0.29, 0.717) is 11.1 Å². The zero-order valence-corrected chi connectivity index (χ0v) is 28.2. The van der Waals surface area contributed by atoms with Crippen LogP contribution in [0.5, 0.6) is 0 Å². The molecular weight excluding hydrogens is 628 g/mol. The lowest BCUT2D eigenvalue weighted by atomic mass is 9.96. The van der Waals surface area contributed by atoms with E-state index in [0.717, 1.165) is 49.2 Å². The molecule has 1 atom stereocenters. The summed E-state index contributed by atoms with van der Waals surface area (Å²) in [5.74, 6) is 0.829. The van der Waals surface area contributed by atoms with Gasteiger partial charge in [-0.2, -0.15) is 0 Å². The summed E-state index contributed by atoms with van der Waals surface area (Å²) in [7, 11) is -2.27. The Balaban J connectivity index is 1.28. The van der Waals surface area contributed by atoms with E-state index in [1.807, 2.05) is 55.0 Å². The van der Waals surface area contributed by atoms with Crippen LogP contribution in [-0.4, -0.2) is 22.4 Å². The molecule has 0 saturated heterocycles. The molecule has 4 nitrogen and oxygen atoms in total. The predicted octanol–water partition coefficient (Wildman–Crippen LogP) is 10.1. The van der Waals surface area contributed by atoms with E-state index < -0.39 is 14.2 Å². The Morgan fingerprint density at radius 2 is 1.50 bits per heavy atom. The van der Waals surface area contributed by atoms with Gasteiger partial charge in [-0.05, 0) is 63.8 Å². The molecule has 1 aliphatic rings. The van der Waals surface area contributed by atoms with Gasteiger partial charge in [0.25, 0.3) is 0 Å². The van der Waals surface area contributed by atoms with Gasteiger partial charge < -0.3 is 0 Å². The van der Waals surface area contributed by atoms with Crippen LogP contribution in [-0.2, 0) is 0 Å². The number of hydrogen-bond donors (Lipinski definition) is 0. The first-order valence-electron chi connectivity index (χ1n) is 16.2. The first kappa shape index (κ1) is 27.7. The summed E-state index contributed by atoms with van der Waals surface area (Å²) in [6.45, 7) is 4.87. The fraction of sp³-hybridized carbons (Fsp3) is 0.0732. The molecule has 10 rings (SSSR count). The largest absolute Gasteiger partial charge is 0.299 e. The van der Waals surface area contributed by atoms with Gasteiger partial charge in [0.15, 0.2) is 6.17 Å². The average molecular weight is 657 g/mol. The van der Waals surface area contributed by atoms with Crippen LogP contribution in [0.2, 0.25) is 13.1 Å². The maximum absolute atomic E-state index is 17.6. The van der Waals surface area contributed by atoms with Gasteiger partial charge in [-0.25, -0.2) is 14.4 Å². The molecule has 230 valence electrons. The number of para-hydroxylation sites is 2. The zero-order valence-electron chi connectivity index (χ0n) is 26.4. The molecule has 9 aromatic rings. The predicted molar refractivity (Wildman–Crippen MR) is 202 cm³/mol. The Kier molecular flexibility index (Phi) is 5.81. The third-order valence-electron chi connectivity index (χ3n) is 10.2. The van der Waals surface area contributed by atoms with Gasteiger partial charge in [0.05, 0.1) is 5.52 Å². The minimum Gasteiger partial charge on any atom is -0.299 e. The quantitative estimate of drug-likeness (QED) is 0.140. The molecule has 0 N–H and O–H groups in total. The van der Waals surface area contributed by atoms with Crippen molar-refractivity contribution in [2.24, 2.45) is 0 Å². The Hall–Kier alpha value is -5.37. The van der Waals surface area contributed by atoms with Crippen LogP contribution in [0.3, 0.4) is 0 Å². The smallest absolute Gasteiger partial charge is 0.152 e. The Morgan fingerprint density at radius 1 is 0.708 bits per heavy atom. The maximum Gasteiger partial charge on any atom is 0.152 e. The van der Waals surface area contributed by atoms with Gasteiger partial charge in [0.1, 0.15) is 19.5 Å². The first-order valence-corrected chi connectivity index (χ1v) is 20.0. The molecule has 0 bridgehead atoms. The van der Waals surface area contributed by atoms with E-state index in [1.54, 1.807) is 11.3 Å². The van der Waals surface area contributed by atoms with Crippen LogP contribution < -0.4 is 15.3 Å². The number of nitrogens with zero attached hydrogens (tertiary/aromatic N) is 4. The van der Waals surface area contributed by atoms with E-state index in [2.05, 4.69) is 101 Å². The fourth-order valence-electron chi connectivity index (χ4n) is 8.03. The topological polar surface area (TPSA) is 33.4 Å². The molecular formula is C41H29FN4SSi. The number of halogens is 1. The van der Waals surface area contributed by atoms with Crippen molar-refractivity contribution in [3.63, 3.8) is 0 Å². The third-order valence-corrected chi connectivity index (χ3v) is 14.9. The van der Waals surface area contributed by atoms with Gasteiger partial charge in [-0.15, -0.1) is 11.3 Å². The summed E-state index contributed by atoms with van der Waals surface area (Å²) in [4.78, 5) is 11.8. The van der Waals surface area contributed by atoms with Crippen LogP contribution in [0, 0.1) is 0 Å². The minimum absolute atomic E-state index is 0.624. The van der Waals surface area contributed by atoms with Crippen molar-refractivity contribution in [3.05, 3.63) is 145 Å². The van der Waals surface area contributed by atoms with Crippen LogP contribution in [0.4, 0.5) is 21.6 Å². The van der Waals surface area contributed by atoms with Gasteiger partial charge in [-0.3, -0.25) is 9.30 Å². The van der Waals surface area contributed by atoms with Crippen molar-refractivity contribution in [2.45, 2.75) is 19.3 Å². The number of pyridine rings is 2. The number of thiophene rings is 1. The maximum atomic E-state index is 17.6. The highest BCUT2D eigenvalue weighted by Gasteiger charge is 2.42. The Labute approximate surface area is 281 Å². The van der Waals surface area contributed by atoms with Crippen LogP contribution in [0.25, 0.3) is 47.5 Å². The molecule has 7 heteroatoms. The summed E-state index contributed by atoms with van der Waals surface area (Å²) < 4.78 is 21.9. The van der Waals surface area contributed by atoms with Gasteiger partial charge in [0.2, 0.25) is 0 Å². The average Bonchev–Trinajstić information content (AvgIpc) is 3.78. The summed E-state index contributed by atoms with van der Waals surface area (Å²) >= 11 is 1.70. The first-order chi connectivity index (χ1) is 23.5. The molecule has 48 heavy (non-hydrogen) atoms. The van der Waals surface area contributed by atoms with Crippen LogP contribution >= 0.6 is 11.3 Å². The van der Waals surface area contributed by atoms with Crippen molar-refractivity contribution in [2.75, 3.05) is 4.90 Å². The molecule has 4 aromatic heterocycles. The molecule has 1 unspecified atom stereocenters. The lowest BCUT2D eigenvalue weighted by Crippen LogP contribution is -2.58. The standard InChI is InChI=1S/C41H29FN4SSi/c1-48(2)35-16-8-6-14-32(35)46(36-17-9-10-20-43-36)33-24-30(39-37(40(33)48)28-12-4-7-15-34(28)47-39)38(42)25-18-19-26-27-11-3-5-13-31(27)45-22-21-44-41(45)29(26)23-25/h3-24,38H,1-2H3. The van der Waals surface area contributed by atoms with Crippen LogP contribution in [0.1, 0.15) is 17.3 Å². The molecule has 0 aliphatic carbocycles. The second-order valence-corrected chi connectivity index (χ2v) is 18.5. The second kappa shape index (κ2) is 10.1. The van der Waals surface area contributed by atoms with E-state index in [4.69, 9.17) is 9.97 Å². The fourth-order valence-corrected chi connectivity index (χ4v) is 12.7. The monoisotopic (exact) mass is 656 g/mol. The van der Waals surface area contributed by atoms with Crippen molar-refractivity contribution in [3.8, 4) is 0 Å². The molecule has 0 amide bonds. The van der Waals surface area contributed by atoms with E-state index in [9.17, 15) is 0 Å². The second-order valence-electron chi connectivity index (χ2n) is 13.1. The molecule has 5 heterocycles. The van der Waals surface area contributed by atoms with Crippen molar-refractivity contribution in [1.82, 2.24) is 14.4 Å². The Bertz CT molecular complexity index is 2750. The normalized spacial score (nSPS) is 14.6. The molecule has 5 aromatic carbocycles. The summed E-state index contributed by atoms with van der Waals surface area (Å²) in [5.41, 5.74) is 5.39. The van der Waals surface area contributed by atoms with Gasteiger partial charge in [0, 0.05) is 66.5 Å². The minimum atomic E-state index is -2.27. The molecule has 1 aliphatic heterocycles. The van der Waals surface area contributed by atoms with Crippen molar-refractivity contribution < 1.29 is 4.39 Å². The van der Waals surface area contributed by atoms with E-state index in [1.165, 1.54) is 25.8 Å². The van der Waals surface area contributed by atoms with Crippen molar-refractivity contribution in [1.29, 1.82) is 0 Å². The lowest BCUT2D eigenvalue weighted by molar-refractivity contribution is 0.405. The highest BCUT2D eigenvalue weighted by atomic mass is 32.1. The van der Waals surface area contributed by atoms with E-state index in [-0.39, 0.29) is 0 Å². The number of hydrogen-bond acceptors (Lipinski definition) is 4. The number of benzene rings is 5. The number of rotatable bonds is 3. The van der Waals surface area contributed by atoms with Crippen molar-refractivity contribution >= 4 is 94.5 Å². The summed E-state index contributed by atoms with van der Waals surface area (Å²) in [6.07, 6.45) is 4.28. The van der Waals surface area contributed by atoms with E-state index >= 15 is 4.39 Å². The molecule has 0 spiro atoms. The highest BCUT2D eigenvalue weighted by molar-refractivity contribution is 7.26. The third kappa shape index (κ3) is 3.74. The lowest BCUT2D eigenvalue weighted by Gasteiger charge is -2.41. The molecule has 0 saturated carbocycles. The SMILES string of the molecule is C[Si]1(C)c2ccccc2N(c2ccccn2)c2cc(C(F)c3ccc4c5ccccc5n5ccnc5c4c3)c3sc4ccccc4c3c21. The summed E-state index contributed by atoms with van der Waals surface area (Å²) in [5, 5.41) is 8.20.